The highest BCUT2D eigenvalue weighted by Gasteiger charge is 2.18. The number of nitrogens with zero attached hydrogens (tertiary/aromatic N) is 1. The molecule has 0 N–H and O–H groups in total. The van der Waals surface area contributed by atoms with Crippen LogP contribution in [0, 0.1) is 10.1 Å². The molecule has 20 heavy (non-hydrogen) atoms. The van der Waals surface area contributed by atoms with Crippen molar-refractivity contribution in [1.29, 1.82) is 0 Å². The van der Waals surface area contributed by atoms with E-state index < -0.39 is 4.92 Å². The van der Waals surface area contributed by atoms with Crippen LogP contribution in [0.3, 0.4) is 0 Å². The van der Waals surface area contributed by atoms with E-state index in [0.717, 1.165) is 0 Å². The molecule has 0 atom stereocenters. The van der Waals surface area contributed by atoms with E-state index in [1.807, 2.05) is 0 Å². The van der Waals surface area contributed by atoms with Gasteiger partial charge < -0.3 is 4.74 Å². The Bertz CT molecular complexity index is 667. The molecule has 0 aliphatic rings. The van der Waals surface area contributed by atoms with Crippen molar-refractivity contribution in [2.24, 2.45) is 0 Å². The quantitative estimate of drug-likeness (QED) is 0.480. The highest BCUT2D eigenvalue weighted by molar-refractivity contribution is 6.30. The Morgan fingerprint density at radius 3 is 2.30 bits per heavy atom. The molecule has 6 heteroatoms. The van der Waals surface area contributed by atoms with Gasteiger partial charge in [-0.25, -0.2) is 0 Å². The number of halogens is 1. The van der Waals surface area contributed by atoms with Gasteiger partial charge in [0, 0.05) is 5.02 Å². The molecule has 0 aromatic heterocycles. The van der Waals surface area contributed by atoms with Gasteiger partial charge in [-0.15, -0.1) is 0 Å². The summed E-state index contributed by atoms with van der Waals surface area (Å²) in [4.78, 5) is 21.7. The molecule has 2 rings (SSSR count). The normalized spacial score (nSPS) is 10.1. The maximum Gasteiger partial charge on any atom is 0.283 e. The fourth-order valence-corrected chi connectivity index (χ4v) is 1.79. The lowest BCUT2D eigenvalue weighted by Gasteiger charge is -2.06. The van der Waals surface area contributed by atoms with Crippen LogP contribution in [-0.4, -0.2) is 10.7 Å². The molecule has 0 unspecified atom stereocenters. The summed E-state index contributed by atoms with van der Waals surface area (Å²) in [6.45, 7) is 1.28. The summed E-state index contributed by atoms with van der Waals surface area (Å²) in [5.41, 5.74) is -0.220. The number of nitro groups is 1. The van der Waals surface area contributed by atoms with Crippen molar-refractivity contribution in [3.8, 4) is 11.5 Å². The average Bonchev–Trinajstić information content (AvgIpc) is 2.41. The number of hydrogen-bond acceptors (Lipinski definition) is 4. The first-order valence-electron chi connectivity index (χ1n) is 5.70. The van der Waals surface area contributed by atoms with Crippen molar-refractivity contribution >= 4 is 23.1 Å². The van der Waals surface area contributed by atoms with E-state index in [-0.39, 0.29) is 22.8 Å². The summed E-state index contributed by atoms with van der Waals surface area (Å²) in [6.07, 6.45) is 0. The predicted molar refractivity (Wildman–Crippen MR) is 74.6 cm³/mol. The number of carbonyl (C=O) groups is 1. The fourth-order valence-electron chi connectivity index (χ4n) is 1.66. The molecule has 0 saturated heterocycles. The van der Waals surface area contributed by atoms with E-state index in [2.05, 4.69) is 0 Å². The minimum atomic E-state index is -0.606. The molecule has 0 aliphatic heterocycles. The van der Waals surface area contributed by atoms with E-state index in [1.54, 1.807) is 24.3 Å². The third kappa shape index (κ3) is 3.13. The molecule has 0 heterocycles. The van der Waals surface area contributed by atoms with Crippen molar-refractivity contribution in [3.05, 3.63) is 63.2 Å². The van der Waals surface area contributed by atoms with Gasteiger partial charge in [0.05, 0.1) is 16.6 Å². The highest BCUT2D eigenvalue weighted by Crippen LogP contribution is 2.29. The highest BCUT2D eigenvalue weighted by atomic mass is 35.5. The van der Waals surface area contributed by atoms with Gasteiger partial charge >= 0.3 is 0 Å². The van der Waals surface area contributed by atoms with Gasteiger partial charge in [-0.3, -0.25) is 14.9 Å². The number of ketones is 1. The Kier molecular flexibility index (Phi) is 4.00. The van der Waals surface area contributed by atoms with Gasteiger partial charge in [-0.1, -0.05) is 11.6 Å². The zero-order chi connectivity index (χ0) is 14.7. The summed E-state index contributed by atoms with van der Waals surface area (Å²) in [5.74, 6) is 0.415. The molecule has 0 saturated carbocycles. The number of rotatable bonds is 4. The smallest absolute Gasteiger partial charge is 0.283 e. The zero-order valence-electron chi connectivity index (χ0n) is 10.5. The van der Waals surface area contributed by atoms with Crippen LogP contribution in [0.25, 0.3) is 0 Å². The van der Waals surface area contributed by atoms with Crippen molar-refractivity contribution < 1.29 is 14.5 Å². The van der Waals surface area contributed by atoms with Gasteiger partial charge in [0.25, 0.3) is 5.69 Å². The third-order valence-corrected chi connectivity index (χ3v) is 2.85. The van der Waals surface area contributed by atoms with E-state index in [1.165, 1.54) is 25.1 Å². The SMILES string of the molecule is CC(=O)c1ccc(Oc2ccc(Cl)cc2)cc1[N+](=O)[O-]. The van der Waals surface area contributed by atoms with Gasteiger partial charge in [0.15, 0.2) is 5.78 Å². The molecule has 0 bridgehead atoms. The first-order valence-corrected chi connectivity index (χ1v) is 6.08. The second-order valence-corrected chi connectivity index (χ2v) is 4.48. The van der Waals surface area contributed by atoms with Crippen LogP contribution >= 0.6 is 11.6 Å². The topological polar surface area (TPSA) is 69.4 Å². The lowest BCUT2D eigenvalue weighted by atomic mass is 10.1. The van der Waals surface area contributed by atoms with Gasteiger partial charge in [-0.05, 0) is 43.3 Å². The molecule has 5 nitrogen and oxygen atoms in total. The molecular weight excluding hydrogens is 282 g/mol. The minimum absolute atomic E-state index is 0.0541. The van der Waals surface area contributed by atoms with Crippen molar-refractivity contribution in [1.82, 2.24) is 0 Å². The fraction of sp³-hybridized carbons (Fsp3) is 0.0714. The zero-order valence-corrected chi connectivity index (χ0v) is 11.3. The van der Waals surface area contributed by atoms with Gasteiger partial charge in [-0.2, -0.15) is 0 Å². The summed E-state index contributed by atoms with van der Waals surface area (Å²) in [7, 11) is 0. The van der Waals surface area contributed by atoms with E-state index >= 15 is 0 Å². The molecular formula is C14H10ClNO4. The summed E-state index contributed by atoms with van der Waals surface area (Å²) in [6, 6.07) is 10.7. The van der Waals surface area contributed by atoms with Crippen LogP contribution in [-0.2, 0) is 0 Å². The molecule has 0 amide bonds. The molecule has 102 valence electrons. The third-order valence-electron chi connectivity index (χ3n) is 2.59. The Morgan fingerprint density at radius 2 is 1.75 bits per heavy atom. The molecule has 2 aromatic carbocycles. The Balaban J connectivity index is 2.34. The Labute approximate surface area is 119 Å². The monoisotopic (exact) mass is 291 g/mol. The summed E-state index contributed by atoms with van der Waals surface area (Å²) < 4.78 is 5.48. The van der Waals surface area contributed by atoms with E-state index in [9.17, 15) is 14.9 Å². The van der Waals surface area contributed by atoms with E-state index in [0.29, 0.717) is 10.8 Å². The van der Waals surface area contributed by atoms with Crippen molar-refractivity contribution in [2.75, 3.05) is 0 Å². The van der Waals surface area contributed by atoms with E-state index in [4.69, 9.17) is 16.3 Å². The van der Waals surface area contributed by atoms with Crippen LogP contribution in [0.1, 0.15) is 17.3 Å². The first kappa shape index (κ1) is 14.0. The Morgan fingerprint density at radius 1 is 1.15 bits per heavy atom. The predicted octanol–water partition coefficient (Wildman–Crippen LogP) is 4.24. The van der Waals surface area contributed by atoms with Crippen molar-refractivity contribution in [3.63, 3.8) is 0 Å². The lowest BCUT2D eigenvalue weighted by Crippen LogP contribution is -2.00. The summed E-state index contributed by atoms with van der Waals surface area (Å²) >= 11 is 5.75. The van der Waals surface area contributed by atoms with Crippen LogP contribution in [0.15, 0.2) is 42.5 Å². The van der Waals surface area contributed by atoms with Gasteiger partial charge in [0.2, 0.25) is 0 Å². The van der Waals surface area contributed by atoms with Crippen LogP contribution in [0.4, 0.5) is 5.69 Å². The first-order chi connectivity index (χ1) is 9.47. The maximum absolute atomic E-state index is 11.3. The minimum Gasteiger partial charge on any atom is -0.457 e. The van der Waals surface area contributed by atoms with Gasteiger partial charge in [0.1, 0.15) is 11.5 Å². The lowest BCUT2D eigenvalue weighted by molar-refractivity contribution is -0.385. The number of hydrogen-bond donors (Lipinski definition) is 0. The largest absolute Gasteiger partial charge is 0.457 e. The standard InChI is InChI=1S/C14H10ClNO4/c1-9(17)13-7-6-12(8-14(13)16(18)19)20-11-4-2-10(15)3-5-11/h2-8H,1H3. The van der Waals surface area contributed by atoms with Crippen LogP contribution in [0.2, 0.25) is 5.02 Å². The van der Waals surface area contributed by atoms with Crippen molar-refractivity contribution in [2.45, 2.75) is 6.92 Å². The second-order valence-electron chi connectivity index (χ2n) is 4.05. The number of benzene rings is 2. The molecule has 0 fully saturated rings. The molecule has 0 aliphatic carbocycles. The molecule has 2 aromatic rings. The Hall–Kier alpha value is -2.40. The number of nitro benzene ring substituents is 1. The molecule has 0 spiro atoms. The number of Topliss-reactive ketones (excluding diaryl/α,β-unsaturated/α-hetero) is 1. The van der Waals surface area contributed by atoms with Crippen LogP contribution < -0.4 is 4.74 Å². The average molecular weight is 292 g/mol. The number of carbonyl (C=O) groups excluding carboxylic acids is 1. The summed E-state index contributed by atoms with van der Waals surface area (Å²) in [5, 5.41) is 11.5. The maximum atomic E-state index is 11.3. The van der Waals surface area contributed by atoms with Crippen LogP contribution in [0.5, 0.6) is 11.5 Å². The molecule has 0 radical (unpaired) electrons. The second kappa shape index (κ2) is 5.71. The number of ether oxygens (including phenoxy) is 1.